The van der Waals surface area contributed by atoms with Gasteiger partial charge in [0, 0.05) is 61.8 Å². The smallest absolute Gasteiger partial charge is 0.322 e. The molecule has 3 aromatic carbocycles. The van der Waals surface area contributed by atoms with Gasteiger partial charge in [0.25, 0.3) is 5.89 Å². The van der Waals surface area contributed by atoms with E-state index in [-0.39, 0.29) is 29.6 Å². The molecule has 8 nitrogen and oxygen atoms in total. The molecule has 0 bridgehead atoms. The van der Waals surface area contributed by atoms with E-state index in [2.05, 4.69) is 25.3 Å². The average Bonchev–Trinajstić information content (AvgIpc) is 3.50. The fourth-order valence-electron chi connectivity index (χ4n) is 4.63. The van der Waals surface area contributed by atoms with Gasteiger partial charge in [-0.15, -0.1) is 10.2 Å². The van der Waals surface area contributed by atoms with Crippen LogP contribution in [0.25, 0.3) is 11.5 Å². The predicted molar refractivity (Wildman–Crippen MR) is 156 cm³/mol. The maximum Gasteiger partial charge on any atom is 0.322 e. The molecule has 0 spiro atoms. The van der Waals surface area contributed by atoms with E-state index in [0.29, 0.717) is 28.8 Å². The number of hydrogen-bond acceptors (Lipinski definition) is 6. The largest absolute Gasteiger partial charge is 0.415 e. The number of hydrogen-bond donors (Lipinski definition) is 1. The lowest BCUT2D eigenvalue weighted by molar-refractivity contribution is 0.116. The topological polar surface area (TPSA) is 77.7 Å². The van der Waals surface area contributed by atoms with Crippen molar-refractivity contribution in [3.05, 3.63) is 94.0 Å². The maximum atomic E-state index is 15.1. The van der Waals surface area contributed by atoms with E-state index in [4.69, 9.17) is 27.6 Å². The molecule has 220 valence electrons. The summed E-state index contributed by atoms with van der Waals surface area (Å²) in [5.74, 6) is -1.70. The molecule has 0 atom stereocenters. The van der Waals surface area contributed by atoms with Crippen LogP contribution in [0, 0.1) is 5.82 Å². The summed E-state index contributed by atoms with van der Waals surface area (Å²) in [5, 5.41) is 10.8. The van der Waals surface area contributed by atoms with Crippen LogP contribution in [0.3, 0.4) is 0 Å². The molecule has 4 aromatic rings. The number of alkyl halides is 2. The zero-order chi connectivity index (χ0) is 29.6. The van der Waals surface area contributed by atoms with Gasteiger partial charge in [-0.2, -0.15) is 8.78 Å². The number of urea groups is 1. The summed E-state index contributed by atoms with van der Waals surface area (Å²) in [6.07, 6.45) is -2.92. The first-order valence-corrected chi connectivity index (χ1v) is 14.0. The molecular formula is C29H27Cl2F3N6O2. The van der Waals surface area contributed by atoms with Crippen molar-refractivity contribution in [2.24, 2.45) is 0 Å². The number of benzene rings is 3. The molecule has 5 rings (SSSR count). The highest BCUT2D eigenvalue weighted by atomic mass is 35.5. The average molecular weight is 619 g/mol. The normalized spacial score (nSPS) is 13.9. The van der Waals surface area contributed by atoms with Gasteiger partial charge in [-0.05, 0) is 42.5 Å². The first-order valence-electron chi connectivity index (χ1n) is 13.2. The number of amides is 2. The first kappa shape index (κ1) is 29.7. The Hall–Kier alpha value is -3.80. The van der Waals surface area contributed by atoms with Gasteiger partial charge < -0.3 is 14.6 Å². The van der Waals surface area contributed by atoms with Gasteiger partial charge >= 0.3 is 12.5 Å². The van der Waals surface area contributed by atoms with E-state index in [1.54, 1.807) is 30.3 Å². The van der Waals surface area contributed by atoms with Gasteiger partial charge in [-0.1, -0.05) is 47.5 Å². The summed E-state index contributed by atoms with van der Waals surface area (Å²) in [4.78, 5) is 19.2. The van der Waals surface area contributed by atoms with Crippen molar-refractivity contribution in [3.63, 3.8) is 0 Å². The Kier molecular flexibility index (Phi) is 9.51. The van der Waals surface area contributed by atoms with Crippen LogP contribution in [0.1, 0.15) is 17.9 Å². The third kappa shape index (κ3) is 7.15. The van der Waals surface area contributed by atoms with E-state index >= 15 is 4.39 Å². The molecule has 1 fully saturated rings. The number of anilines is 2. The lowest BCUT2D eigenvalue weighted by atomic mass is 10.1. The van der Waals surface area contributed by atoms with Crippen LogP contribution in [-0.2, 0) is 6.54 Å². The Morgan fingerprint density at radius 3 is 2.40 bits per heavy atom. The van der Waals surface area contributed by atoms with Crippen molar-refractivity contribution >= 4 is 40.6 Å². The Bertz CT molecular complexity index is 1520. The van der Waals surface area contributed by atoms with Gasteiger partial charge in [0.1, 0.15) is 5.82 Å². The minimum absolute atomic E-state index is 0.0591. The van der Waals surface area contributed by atoms with Gasteiger partial charge in [0.15, 0.2) is 0 Å². The molecule has 0 saturated carbocycles. The summed E-state index contributed by atoms with van der Waals surface area (Å²) in [6, 6.07) is 18.2. The predicted octanol–water partition coefficient (Wildman–Crippen LogP) is 6.66. The molecule has 2 heterocycles. The van der Waals surface area contributed by atoms with Crippen LogP contribution in [0.5, 0.6) is 0 Å². The summed E-state index contributed by atoms with van der Waals surface area (Å²) in [5.41, 5.74) is 1.99. The monoisotopic (exact) mass is 618 g/mol. The Morgan fingerprint density at radius 1 is 0.976 bits per heavy atom. The summed E-state index contributed by atoms with van der Waals surface area (Å²) >= 11 is 12.2. The highest BCUT2D eigenvalue weighted by Crippen LogP contribution is 2.28. The van der Waals surface area contributed by atoms with Crippen molar-refractivity contribution in [1.82, 2.24) is 20.4 Å². The Morgan fingerprint density at radius 2 is 1.74 bits per heavy atom. The maximum absolute atomic E-state index is 15.1. The van der Waals surface area contributed by atoms with E-state index in [0.717, 1.165) is 37.9 Å². The number of carbonyl (C=O) groups is 1. The Balaban J connectivity index is 1.19. The molecule has 42 heavy (non-hydrogen) atoms. The lowest BCUT2D eigenvalue weighted by Crippen LogP contribution is -2.49. The SMILES string of the molecule is O=C(NCCN1CCN(c2ccc(Cl)c(Cl)c2)CC1)N(Cc1ccc(-c2nnc(C(F)F)o2)cc1F)c1ccccc1. The third-order valence-corrected chi connectivity index (χ3v) is 7.65. The number of halogens is 5. The van der Waals surface area contributed by atoms with E-state index in [1.807, 2.05) is 18.2 Å². The molecule has 1 saturated heterocycles. The van der Waals surface area contributed by atoms with Crippen LogP contribution >= 0.6 is 23.2 Å². The van der Waals surface area contributed by atoms with Crippen molar-refractivity contribution in [1.29, 1.82) is 0 Å². The number of piperazine rings is 1. The first-order chi connectivity index (χ1) is 20.3. The highest BCUT2D eigenvalue weighted by molar-refractivity contribution is 6.42. The van der Waals surface area contributed by atoms with Gasteiger partial charge in [0.2, 0.25) is 5.89 Å². The number of nitrogens with zero attached hydrogens (tertiary/aromatic N) is 5. The molecule has 1 N–H and O–H groups in total. The molecule has 0 aliphatic carbocycles. The summed E-state index contributed by atoms with van der Waals surface area (Å²) in [7, 11) is 0. The molecule has 2 amide bonds. The van der Waals surface area contributed by atoms with Crippen molar-refractivity contribution in [3.8, 4) is 11.5 Å². The minimum atomic E-state index is -2.92. The fourth-order valence-corrected chi connectivity index (χ4v) is 4.93. The number of aromatic nitrogens is 2. The molecule has 0 unspecified atom stereocenters. The fraction of sp³-hybridized carbons (Fsp3) is 0.276. The van der Waals surface area contributed by atoms with Crippen molar-refractivity contribution in [2.75, 3.05) is 49.1 Å². The quantitative estimate of drug-likeness (QED) is 0.226. The Labute approximate surface area is 250 Å². The van der Waals surface area contributed by atoms with Crippen molar-refractivity contribution in [2.45, 2.75) is 13.0 Å². The molecule has 1 aliphatic rings. The van der Waals surface area contributed by atoms with Crippen LogP contribution in [0.2, 0.25) is 10.0 Å². The molecule has 13 heteroatoms. The second-order valence-corrected chi connectivity index (χ2v) is 10.4. The highest BCUT2D eigenvalue weighted by Gasteiger charge is 2.22. The van der Waals surface area contributed by atoms with Gasteiger partial charge in [-0.25, -0.2) is 9.18 Å². The standard InChI is InChI=1S/C29H27Cl2F3N6O2/c30-23-9-8-22(17-24(23)31)39-14-12-38(13-15-39)11-10-35-29(41)40(21-4-2-1-3-5-21)18-20-7-6-19(16-25(20)32)27-36-37-28(42-27)26(33)34/h1-9,16-17,26H,10-15,18H2,(H,35,41). The van der Waals surface area contributed by atoms with Crippen LogP contribution in [0.4, 0.5) is 29.3 Å². The van der Waals surface area contributed by atoms with Gasteiger partial charge in [-0.3, -0.25) is 9.80 Å². The number of carbonyl (C=O) groups excluding carboxylic acids is 1. The van der Waals surface area contributed by atoms with E-state index in [1.165, 1.54) is 17.0 Å². The molecule has 1 aromatic heterocycles. The molecule has 0 radical (unpaired) electrons. The number of para-hydroxylation sites is 1. The van der Waals surface area contributed by atoms with Crippen LogP contribution < -0.4 is 15.1 Å². The van der Waals surface area contributed by atoms with E-state index < -0.39 is 18.1 Å². The lowest BCUT2D eigenvalue weighted by Gasteiger charge is -2.36. The second kappa shape index (κ2) is 13.5. The zero-order valence-electron chi connectivity index (χ0n) is 22.3. The summed E-state index contributed by atoms with van der Waals surface area (Å²) < 4.78 is 45.6. The van der Waals surface area contributed by atoms with E-state index in [9.17, 15) is 13.6 Å². The number of rotatable bonds is 9. The molecular weight excluding hydrogens is 592 g/mol. The zero-order valence-corrected chi connectivity index (χ0v) is 23.8. The van der Waals surface area contributed by atoms with Crippen LogP contribution in [0.15, 0.2) is 71.1 Å². The van der Waals surface area contributed by atoms with Gasteiger partial charge in [0.05, 0.1) is 16.6 Å². The van der Waals surface area contributed by atoms with Crippen LogP contribution in [-0.4, -0.2) is 60.4 Å². The third-order valence-electron chi connectivity index (χ3n) is 6.91. The minimum Gasteiger partial charge on any atom is -0.415 e. The number of nitrogens with one attached hydrogen (secondary N) is 1. The molecule has 1 aliphatic heterocycles. The second-order valence-electron chi connectivity index (χ2n) is 9.63. The van der Waals surface area contributed by atoms with Crippen molar-refractivity contribution < 1.29 is 22.4 Å². The summed E-state index contributed by atoms with van der Waals surface area (Å²) in [6.45, 7) is 4.24.